The first-order valence-electron chi connectivity index (χ1n) is 4.22. The maximum atomic E-state index is 13.1. The standard InChI is InChI=1S/C6H6F7O4P/c7-2-4(8,9)6(12,13)5(10,11)3-1-16-18(14,15)17-3/h3H,1-2H2,(H,14,15). The minimum atomic E-state index is -6.10. The Morgan fingerprint density at radius 2 is 1.72 bits per heavy atom. The molecule has 18 heavy (non-hydrogen) atoms. The normalized spacial score (nSPS) is 30.8. The van der Waals surface area contributed by atoms with Crippen LogP contribution in [0.3, 0.4) is 0 Å². The van der Waals surface area contributed by atoms with Crippen LogP contribution in [0.15, 0.2) is 0 Å². The first-order chi connectivity index (χ1) is 7.87. The van der Waals surface area contributed by atoms with E-state index in [2.05, 4.69) is 9.05 Å². The van der Waals surface area contributed by atoms with Crippen molar-refractivity contribution in [3.05, 3.63) is 0 Å². The predicted molar refractivity (Wildman–Crippen MR) is 41.5 cm³/mol. The third-order valence-electron chi connectivity index (χ3n) is 2.10. The van der Waals surface area contributed by atoms with Gasteiger partial charge >= 0.3 is 25.6 Å². The molecule has 0 saturated carbocycles. The number of halogens is 7. The zero-order valence-electron chi connectivity index (χ0n) is 8.26. The molecule has 0 aromatic carbocycles. The van der Waals surface area contributed by atoms with Gasteiger partial charge in [-0.25, -0.2) is 8.96 Å². The van der Waals surface area contributed by atoms with Crippen molar-refractivity contribution in [3.8, 4) is 0 Å². The zero-order valence-corrected chi connectivity index (χ0v) is 9.15. The largest absolute Gasteiger partial charge is 0.472 e. The van der Waals surface area contributed by atoms with Gasteiger partial charge in [0.05, 0.1) is 6.61 Å². The van der Waals surface area contributed by atoms with Crippen LogP contribution in [0.4, 0.5) is 30.7 Å². The van der Waals surface area contributed by atoms with Gasteiger partial charge in [-0.2, -0.15) is 26.3 Å². The van der Waals surface area contributed by atoms with Crippen molar-refractivity contribution < 1.29 is 49.2 Å². The van der Waals surface area contributed by atoms with E-state index in [1.807, 2.05) is 0 Å². The average molecular weight is 306 g/mol. The molecule has 2 atom stereocenters. The van der Waals surface area contributed by atoms with Crippen LogP contribution in [0.25, 0.3) is 0 Å². The summed E-state index contributed by atoms with van der Waals surface area (Å²) in [6, 6.07) is 0. The molecule has 0 spiro atoms. The molecule has 0 aliphatic carbocycles. The summed E-state index contributed by atoms with van der Waals surface area (Å²) >= 11 is 0. The lowest BCUT2D eigenvalue weighted by molar-refractivity contribution is -0.330. The number of alkyl halides is 7. The van der Waals surface area contributed by atoms with E-state index in [0.717, 1.165) is 0 Å². The maximum absolute atomic E-state index is 13.1. The summed E-state index contributed by atoms with van der Waals surface area (Å²) in [6.45, 7) is -4.53. The maximum Gasteiger partial charge on any atom is 0.472 e. The molecular formula is C6H6F7O4P. The van der Waals surface area contributed by atoms with E-state index >= 15 is 0 Å². The van der Waals surface area contributed by atoms with E-state index in [9.17, 15) is 35.3 Å². The highest BCUT2D eigenvalue weighted by Gasteiger charge is 2.75. The molecule has 1 aliphatic heterocycles. The summed E-state index contributed by atoms with van der Waals surface area (Å²) < 4.78 is 106. The minimum Gasteiger partial charge on any atom is -0.302 e. The molecule has 1 heterocycles. The molecule has 1 rings (SSSR count). The van der Waals surface area contributed by atoms with Gasteiger partial charge < -0.3 is 4.89 Å². The van der Waals surface area contributed by atoms with Crippen molar-refractivity contribution in [1.82, 2.24) is 0 Å². The number of rotatable bonds is 4. The Bertz CT molecular complexity index is 373. The summed E-state index contributed by atoms with van der Waals surface area (Å²) in [5, 5.41) is 0. The van der Waals surface area contributed by atoms with Gasteiger partial charge in [0.25, 0.3) is 0 Å². The lowest BCUT2D eigenvalue weighted by atomic mass is 10.0. The van der Waals surface area contributed by atoms with Crippen LogP contribution in [0, 0.1) is 0 Å². The van der Waals surface area contributed by atoms with Crippen LogP contribution in [0.2, 0.25) is 0 Å². The molecule has 108 valence electrons. The minimum absolute atomic E-state index is 1.50. The van der Waals surface area contributed by atoms with Gasteiger partial charge in [0.2, 0.25) is 0 Å². The van der Waals surface area contributed by atoms with Crippen molar-refractivity contribution >= 4 is 7.82 Å². The number of phosphoric ester groups is 1. The fourth-order valence-electron chi connectivity index (χ4n) is 1.08. The van der Waals surface area contributed by atoms with Gasteiger partial charge in [0.15, 0.2) is 12.8 Å². The van der Waals surface area contributed by atoms with Crippen LogP contribution in [-0.2, 0) is 13.6 Å². The molecule has 12 heteroatoms. The van der Waals surface area contributed by atoms with E-state index in [-0.39, 0.29) is 0 Å². The number of phosphoric acid groups is 1. The molecule has 0 bridgehead atoms. The van der Waals surface area contributed by atoms with Crippen LogP contribution in [0.1, 0.15) is 0 Å². The van der Waals surface area contributed by atoms with Crippen LogP contribution < -0.4 is 0 Å². The van der Waals surface area contributed by atoms with Gasteiger partial charge in [-0.3, -0.25) is 9.05 Å². The molecule has 0 aromatic rings. The molecule has 1 saturated heterocycles. The van der Waals surface area contributed by atoms with E-state index < -0.39 is 45.0 Å². The SMILES string of the molecule is O=P1(O)OCC(C(F)(F)C(F)(F)C(F)(F)CF)O1. The van der Waals surface area contributed by atoms with Crippen molar-refractivity contribution in [2.75, 3.05) is 13.3 Å². The quantitative estimate of drug-likeness (QED) is 0.640. The highest BCUT2D eigenvalue weighted by Crippen LogP contribution is 2.57. The molecule has 0 radical (unpaired) electrons. The first-order valence-corrected chi connectivity index (χ1v) is 5.72. The molecule has 1 aliphatic rings. The van der Waals surface area contributed by atoms with Crippen LogP contribution in [-0.4, -0.2) is 42.0 Å². The van der Waals surface area contributed by atoms with Crippen molar-refractivity contribution in [2.45, 2.75) is 23.9 Å². The smallest absolute Gasteiger partial charge is 0.302 e. The monoisotopic (exact) mass is 306 g/mol. The summed E-state index contributed by atoms with van der Waals surface area (Å²) in [7, 11) is -4.98. The van der Waals surface area contributed by atoms with Crippen LogP contribution in [0.5, 0.6) is 0 Å². The zero-order chi connectivity index (χ0) is 14.4. The molecule has 2 unspecified atom stereocenters. The lowest BCUT2D eigenvalue weighted by Crippen LogP contribution is -2.60. The number of hydrogen-bond acceptors (Lipinski definition) is 3. The summed E-state index contributed by atoms with van der Waals surface area (Å²) in [5.74, 6) is -17.3. The Morgan fingerprint density at radius 1 is 1.22 bits per heavy atom. The molecule has 0 aromatic heterocycles. The second-order valence-corrected chi connectivity index (χ2v) is 4.80. The van der Waals surface area contributed by atoms with Crippen molar-refractivity contribution in [2.24, 2.45) is 0 Å². The third-order valence-corrected chi connectivity index (χ3v) is 3.10. The fraction of sp³-hybridized carbons (Fsp3) is 1.00. The molecule has 1 N–H and O–H groups in total. The van der Waals surface area contributed by atoms with Gasteiger partial charge in [-0.1, -0.05) is 0 Å². The second-order valence-electron chi connectivity index (χ2n) is 3.39. The summed E-state index contributed by atoms with van der Waals surface area (Å²) in [4.78, 5) is 8.53. The molecule has 4 nitrogen and oxygen atoms in total. The second kappa shape index (κ2) is 4.32. The Labute approximate surface area is 95.3 Å². The molecule has 0 amide bonds. The van der Waals surface area contributed by atoms with Gasteiger partial charge in [-0.15, -0.1) is 0 Å². The Morgan fingerprint density at radius 3 is 2.06 bits per heavy atom. The van der Waals surface area contributed by atoms with Gasteiger partial charge in [0, 0.05) is 0 Å². The van der Waals surface area contributed by atoms with E-state index in [1.54, 1.807) is 0 Å². The fourth-order valence-corrected chi connectivity index (χ4v) is 1.98. The Hall–Kier alpha value is -0.380. The van der Waals surface area contributed by atoms with E-state index in [0.29, 0.717) is 0 Å². The van der Waals surface area contributed by atoms with Crippen molar-refractivity contribution in [1.29, 1.82) is 0 Å². The van der Waals surface area contributed by atoms with Crippen LogP contribution >= 0.6 is 7.82 Å². The summed E-state index contributed by atoms with van der Waals surface area (Å²) in [6.07, 6.45) is -3.08. The predicted octanol–water partition coefficient (Wildman–Crippen LogP) is 2.38. The highest BCUT2D eigenvalue weighted by atomic mass is 31.2. The van der Waals surface area contributed by atoms with Gasteiger partial charge in [0.1, 0.15) is 0 Å². The lowest BCUT2D eigenvalue weighted by Gasteiger charge is -2.33. The molecular weight excluding hydrogens is 300 g/mol. The first kappa shape index (κ1) is 15.7. The average Bonchev–Trinajstić information content (AvgIpc) is 2.58. The third kappa shape index (κ3) is 2.36. The highest BCUT2D eigenvalue weighted by molar-refractivity contribution is 7.47. The number of hydrogen-bond donors (Lipinski definition) is 1. The molecule has 1 fully saturated rings. The topological polar surface area (TPSA) is 55.8 Å². The Kier molecular flexibility index (Phi) is 3.77. The Balaban J connectivity index is 3.03. The van der Waals surface area contributed by atoms with E-state index in [4.69, 9.17) is 4.89 Å². The van der Waals surface area contributed by atoms with Gasteiger partial charge in [-0.05, 0) is 0 Å². The van der Waals surface area contributed by atoms with E-state index in [1.165, 1.54) is 0 Å². The summed E-state index contributed by atoms with van der Waals surface area (Å²) in [5.41, 5.74) is 0. The van der Waals surface area contributed by atoms with Crippen molar-refractivity contribution in [3.63, 3.8) is 0 Å².